The lowest BCUT2D eigenvalue weighted by Gasteiger charge is -2.07. The number of thioether (sulfide) groups is 1. The minimum absolute atomic E-state index is 0.0844. The maximum atomic E-state index is 12.0. The number of hydrogen-bond donors (Lipinski definition) is 0. The third-order valence-electron chi connectivity index (χ3n) is 2.33. The highest BCUT2D eigenvalue weighted by atomic mass is 35.5. The van der Waals surface area contributed by atoms with Gasteiger partial charge in [0.2, 0.25) is 0 Å². The van der Waals surface area contributed by atoms with Crippen molar-refractivity contribution in [1.82, 2.24) is 0 Å². The predicted octanol–water partition coefficient (Wildman–Crippen LogP) is 3.59. The van der Waals surface area contributed by atoms with Crippen molar-refractivity contribution < 1.29 is 14.3 Å². The zero-order valence-electron chi connectivity index (χ0n) is 10.4. The van der Waals surface area contributed by atoms with Gasteiger partial charge in [-0.3, -0.25) is 9.59 Å². The molecule has 1 aromatic carbocycles. The molecule has 0 atom stereocenters. The number of esters is 1. The minimum Gasteiger partial charge on any atom is -0.469 e. The van der Waals surface area contributed by atoms with Gasteiger partial charge in [-0.2, -0.15) is 0 Å². The van der Waals surface area contributed by atoms with Gasteiger partial charge in [0.15, 0.2) is 5.78 Å². The van der Waals surface area contributed by atoms with E-state index in [-0.39, 0.29) is 24.6 Å². The van der Waals surface area contributed by atoms with Crippen molar-refractivity contribution >= 4 is 35.1 Å². The van der Waals surface area contributed by atoms with E-state index in [4.69, 9.17) is 11.6 Å². The van der Waals surface area contributed by atoms with E-state index >= 15 is 0 Å². The Bertz CT molecular complexity index is 446. The van der Waals surface area contributed by atoms with Crippen molar-refractivity contribution in [2.45, 2.75) is 24.7 Å². The van der Waals surface area contributed by atoms with Crippen LogP contribution in [0.15, 0.2) is 23.1 Å². The second-order valence-corrected chi connectivity index (χ2v) is 5.32. The second kappa shape index (κ2) is 7.44. The topological polar surface area (TPSA) is 43.4 Å². The van der Waals surface area contributed by atoms with Crippen molar-refractivity contribution in [1.29, 1.82) is 0 Å². The van der Waals surface area contributed by atoms with Gasteiger partial charge in [0.25, 0.3) is 0 Å². The van der Waals surface area contributed by atoms with Crippen LogP contribution in [-0.4, -0.2) is 24.6 Å². The van der Waals surface area contributed by atoms with E-state index < -0.39 is 0 Å². The molecule has 0 fully saturated rings. The van der Waals surface area contributed by atoms with Gasteiger partial charge in [0.05, 0.1) is 13.5 Å². The van der Waals surface area contributed by atoms with Crippen LogP contribution in [-0.2, 0) is 9.53 Å². The van der Waals surface area contributed by atoms with E-state index in [2.05, 4.69) is 4.74 Å². The standard InChI is InChI=1S/C13H15ClO3S/c1-3-18-12-6-4-9(14)8-10(12)11(15)5-7-13(16)17-2/h4,6,8H,3,5,7H2,1-2H3. The third-order valence-corrected chi connectivity index (χ3v) is 3.52. The summed E-state index contributed by atoms with van der Waals surface area (Å²) in [5.41, 5.74) is 0.582. The van der Waals surface area contributed by atoms with Crippen LogP contribution in [0.2, 0.25) is 5.02 Å². The summed E-state index contributed by atoms with van der Waals surface area (Å²) in [6.45, 7) is 2.02. The van der Waals surface area contributed by atoms with Crippen molar-refractivity contribution in [2.24, 2.45) is 0 Å². The monoisotopic (exact) mass is 286 g/mol. The first-order valence-electron chi connectivity index (χ1n) is 5.60. The molecule has 0 aromatic heterocycles. The summed E-state index contributed by atoms with van der Waals surface area (Å²) in [5.74, 6) is 0.410. The Morgan fingerprint density at radius 2 is 2.06 bits per heavy atom. The molecule has 0 bridgehead atoms. The van der Waals surface area contributed by atoms with Crippen molar-refractivity contribution in [3.63, 3.8) is 0 Å². The summed E-state index contributed by atoms with van der Waals surface area (Å²) in [5, 5.41) is 0.525. The van der Waals surface area contributed by atoms with E-state index in [1.54, 1.807) is 23.9 Å². The molecule has 0 aliphatic heterocycles. The summed E-state index contributed by atoms with van der Waals surface area (Å²) in [4.78, 5) is 24.0. The molecular weight excluding hydrogens is 272 g/mol. The van der Waals surface area contributed by atoms with Gasteiger partial charge in [0.1, 0.15) is 0 Å². The molecule has 0 N–H and O–H groups in total. The van der Waals surface area contributed by atoms with Crippen molar-refractivity contribution in [2.75, 3.05) is 12.9 Å². The number of halogens is 1. The number of carbonyl (C=O) groups is 2. The van der Waals surface area contributed by atoms with E-state index in [1.807, 2.05) is 13.0 Å². The van der Waals surface area contributed by atoms with Crippen LogP contribution in [0.3, 0.4) is 0 Å². The molecule has 0 aliphatic carbocycles. The van der Waals surface area contributed by atoms with Crippen LogP contribution < -0.4 is 0 Å². The number of carbonyl (C=O) groups excluding carboxylic acids is 2. The van der Waals surface area contributed by atoms with Gasteiger partial charge in [-0.25, -0.2) is 0 Å². The fraction of sp³-hybridized carbons (Fsp3) is 0.385. The van der Waals surface area contributed by atoms with Gasteiger partial charge in [-0.1, -0.05) is 18.5 Å². The number of benzene rings is 1. The van der Waals surface area contributed by atoms with Crippen LogP contribution in [0, 0.1) is 0 Å². The van der Waals surface area contributed by atoms with Crippen molar-refractivity contribution in [3.05, 3.63) is 28.8 Å². The normalized spacial score (nSPS) is 10.2. The van der Waals surface area contributed by atoms with Crippen molar-refractivity contribution in [3.8, 4) is 0 Å². The lowest BCUT2D eigenvalue weighted by atomic mass is 10.1. The zero-order valence-corrected chi connectivity index (χ0v) is 11.9. The molecule has 0 radical (unpaired) electrons. The number of ketones is 1. The lowest BCUT2D eigenvalue weighted by molar-refractivity contribution is -0.140. The molecule has 0 unspecified atom stereocenters. The summed E-state index contributed by atoms with van der Waals surface area (Å²) >= 11 is 7.48. The molecule has 98 valence electrons. The average molecular weight is 287 g/mol. The molecule has 0 aliphatic rings. The number of methoxy groups -OCH3 is 1. The smallest absolute Gasteiger partial charge is 0.305 e. The summed E-state index contributed by atoms with van der Waals surface area (Å²) in [6.07, 6.45) is 0.238. The third kappa shape index (κ3) is 4.35. The number of hydrogen-bond acceptors (Lipinski definition) is 4. The van der Waals surface area contributed by atoms with Crippen LogP contribution in [0.4, 0.5) is 0 Å². The molecule has 1 aromatic rings. The minimum atomic E-state index is -0.380. The zero-order chi connectivity index (χ0) is 13.5. The Balaban J connectivity index is 2.82. The van der Waals surface area contributed by atoms with E-state index in [0.717, 1.165) is 10.6 Å². The molecule has 0 heterocycles. The molecule has 0 saturated carbocycles. The van der Waals surface area contributed by atoms with Crippen LogP contribution >= 0.6 is 23.4 Å². The first-order chi connectivity index (χ1) is 8.58. The highest BCUT2D eigenvalue weighted by Crippen LogP contribution is 2.26. The maximum absolute atomic E-state index is 12.0. The van der Waals surface area contributed by atoms with Gasteiger partial charge in [-0.15, -0.1) is 11.8 Å². The molecule has 5 heteroatoms. The summed E-state index contributed by atoms with van der Waals surface area (Å²) < 4.78 is 4.52. The van der Waals surface area contributed by atoms with Crippen LogP contribution in [0.5, 0.6) is 0 Å². The van der Waals surface area contributed by atoms with Gasteiger partial charge >= 0.3 is 5.97 Å². The Kier molecular flexibility index (Phi) is 6.22. The lowest BCUT2D eigenvalue weighted by Crippen LogP contribution is -2.07. The van der Waals surface area contributed by atoms with E-state index in [9.17, 15) is 9.59 Å². The van der Waals surface area contributed by atoms with Crippen LogP contribution in [0.25, 0.3) is 0 Å². The fourth-order valence-corrected chi connectivity index (χ4v) is 2.43. The van der Waals surface area contributed by atoms with Crippen LogP contribution in [0.1, 0.15) is 30.1 Å². The van der Waals surface area contributed by atoms with Gasteiger partial charge in [-0.05, 0) is 24.0 Å². The Labute approximate surface area is 116 Å². The highest BCUT2D eigenvalue weighted by Gasteiger charge is 2.14. The molecule has 18 heavy (non-hydrogen) atoms. The molecule has 0 amide bonds. The molecule has 0 spiro atoms. The SMILES string of the molecule is CCSc1ccc(Cl)cc1C(=O)CCC(=O)OC. The molecule has 3 nitrogen and oxygen atoms in total. The molecule has 0 saturated heterocycles. The average Bonchev–Trinajstić information content (AvgIpc) is 2.37. The highest BCUT2D eigenvalue weighted by molar-refractivity contribution is 7.99. The van der Waals surface area contributed by atoms with E-state index in [1.165, 1.54) is 7.11 Å². The maximum Gasteiger partial charge on any atom is 0.305 e. The predicted molar refractivity (Wildman–Crippen MR) is 73.4 cm³/mol. The van der Waals surface area contributed by atoms with Gasteiger partial charge in [0, 0.05) is 21.9 Å². The fourth-order valence-electron chi connectivity index (χ4n) is 1.45. The number of Topliss-reactive ketones (excluding diaryl/α,β-unsaturated/α-hetero) is 1. The Morgan fingerprint density at radius 1 is 1.33 bits per heavy atom. The van der Waals surface area contributed by atoms with E-state index in [0.29, 0.717) is 10.6 Å². The Morgan fingerprint density at radius 3 is 2.67 bits per heavy atom. The first kappa shape index (κ1) is 15.1. The van der Waals surface area contributed by atoms with Gasteiger partial charge < -0.3 is 4.74 Å². The summed E-state index contributed by atoms with van der Waals surface area (Å²) in [6, 6.07) is 5.25. The molecular formula is C13H15ClO3S. The molecule has 1 rings (SSSR count). The first-order valence-corrected chi connectivity index (χ1v) is 6.97. The Hall–Kier alpha value is -1.00. The summed E-state index contributed by atoms with van der Waals surface area (Å²) in [7, 11) is 1.31. The largest absolute Gasteiger partial charge is 0.469 e. The number of rotatable bonds is 6. The second-order valence-electron chi connectivity index (χ2n) is 3.57. The quantitative estimate of drug-likeness (QED) is 0.455. The number of ether oxygens (including phenoxy) is 1.